The van der Waals surface area contributed by atoms with Crippen LogP contribution in [0.3, 0.4) is 0 Å². The van der Waals surface area contributed by atoms with Gasteiger partial charge in [-0.3, -0.25) is 0 Å². The van der Waals surface area contributed by atoms with Crippen LogP contribution in [0.25, 0.3) is 0 Å². The Bertz CT molecular complexity index is 558. The van der Waals surface area contributed by atoms with Crippen LogP contribution >= 0.6 is 0 Å². The Hall–Kier alpha value is -1.83. The zero-order chi connectivity index (χ0) is 13.3. The minimum Gasteiger partial charge on any atom is -0.507 e. The Morgan fingerprint density at radius 3 is 2.28 bits per heavy atom. The van der Waals surface area contributed by atoms with Crippen molar-refractivity contribution in [2.24, 2.45) is 0 Å². The smallest absolute Gasteiger partial charge is 0.123 e. The molecule has 0 aliphatic rings. The zero-order valence-electron chi connectivity index (χ0n) is 10.9. The second kappa shape index (κ2) is 4.81. The molecule has 1 N–H and O–H groups in total. The highest BCUT2D eigenvalue weighted by atomic mass is 19.1. The molecule has 0 saturated carbocycles. The Kier molecular flexibility index (Phi) is 3.37. The number of hydrogen-bond donors (Lipinski definition) is 1. The summed E-state index contributed by atoms with van der Waals surface area (Å²) in [6.07, 6.45) is 0. The number of aromatic hydroxyl groups is 1. The van der Waals surface area contributed by atoms with E-state index in [-0.39, 0.29) is 11.7 Å². The van der Waals surface area contributed by atoms with Gasteiger partial charge in [0.25, 0.3) is 0 Å². The molecule has 1 unspecified atom stereocenters. The third kappa shape index (κ3) is 2.37. The van der Waals surface area contributed by atoms with Gasteiger partial charge >= 0.3 is 0 Å². The monoisotopic (exact) mass is 244 g/mol. The Morgan fingerprint density at radius 1 is 1.06 bits per heavy atom. The van der Waals surface area contributed by atoms with E-state index in [0.29, 0.717) is 5.75 Å². The number of rotatable bonds is 2. The van der Waals surface area contributed by atoms with E-state index in [0.717, 1.165) is 22.3 Å². The maximum atomic E-state index is 12.9. The highest BCUT2D eigenvalue weighted by Gasteiger charge is 2.14. The van der Waals surface area contributed by atoms with Crippen LogP contribution < -0.4 is 0 Å². The van der Waals surface area contributed by atoms with Crippen LogP contribution in [0.2, 0.25) is 0 Å². The van der Waals surface area contributed by atoms with Crippen molar-refractivity contribution in [3.63, 3.8) is 0 Å². The molecule has 0 radical (unpaired) electrons. The van der Waals surface area contributed by atoms with E-state index in [1.807, 2.05) is 32.9 Å². The van der Waals surface area contributed by atoms with Gasteiger partial charge in [0.1, 0.15) is 11.6 Å². The van der Waals surface area contributed by atoms with Gasteiger partial charge in [0.2, 0.25) is 0 Å². The Morgan fingerprint density at radius 2 is 1.67 bits per heavy atom. The van der Waals surface area contributed by atoms with Gasteiger partial charge < -0.3 is 5.11 Å². The van der Waals surface area contributed by atoms with Gasteiger partial charge in [-0.05, 0) is 37.1 Å². The predicted molar refractivity (Wildman–Crippen MR) is 71.5 cm³/mol. The zero-order valence-corrected chi connectivity index (χ0v) is 10.9. The molecule has 0 fully saturated rings. The van der Waals surface area contributed by atoms with Gasteiger partial charge in [-0.1, -0.05) is 36.8 Å². The van der Waals surface area contributed by atoms with Crippen LogP contribution in [0.5, 0.6) is 5.75 Å². The molecule has 1 atom stereocenters. The molecule has 0 heterocycles. The normalized spacial score (nSPS) is 12.4. The van der Waals surface area contributed by atoms with Crippen LogP contribution in [0.1, 0.15) is 35.1 Å². The summed E-state index contributed by atoms with van der Waals surface area (Å²) in [5, 5.41) is 10.1. The van der Waals surface area contributed by atoms with E-state index >= 15 is 0 Å². The average Bonchev–Trinajstić information content (AvgIpc) is 2.34. The second-order valence-electron chi connectivity index (χ2n) is 4.79. The molecule has 0 saturated heterocycles. The number of hydrogen-bond acceptors (Lipinski definition) is 1. The van der Waals surface area contributed by atoms with Gasteiger partial charge in [-0.15, -0.1) is 0 Å². The summed E-state index contributed by atoms with van der Waals surface area (Å²) in [6.45, 7) is 5.91. The summed E-state index contributed by atoms with van der Waals surface area (Å²) >= 11 is 0. The molecule has 18 heavy (non-hydrogen) atoms. The molecule has 0 amide bonds. The number of phenols is 1. The number of phenolic OH excluding ortho intramolecular Hbond substituents is 1. The van der Waals surface area contributed by atoms with Crippen molar-refractivity contribution >= 4 is 0 Å². The molecule has 0 aliphatic heterocycles. The van der Waals surface area contributed by atoms with E-state index in [4.69, 9.17) is 0 Å². The van der Waals surface area contributed by atoms with Gasteiger partial charge in [0.15, 0.2) is 0 Å². The lowest BCUT2D eigenvalue weighted by Crippen LogP contribution is -1.98. The molecule has 0 spiro atoms. The van der Waals surface area contributed by atoms with Crippen LogP contribution in [-0.2, 0) is 0 Å². The molecule has 94 valence electrons. The van der Waals surface area contributed by atoms with Crippen molar-refractivity contribution in [3.8, 4) is 5.75 Å². The van der Waals surface area contributed by atoms with E-state index in [1.165, 1.54) is 12.1 Å². The van der Waals surface area contributed by atoms with Gasteiger partial charge in [-0.25, -0.2) is 4.39 Å². The summed E-state index contributed by atoms with van der Waals surface area (Å²) < 4.78 is 12.9. The first-order valence-electron chi connectivity index (χ1n) is 6.04. The lowest BCUT2D eigenvalue weighted by atomic mass is 9.90. The van der Waals surface area contributed by atoms with Crippen LogP contribution in [0.4, 0.5) is 4.39 Å². The van der Waals surface area contributed by atoms with Crippen LogP contribution in [-0.4, -0.2) is 5.11 Å². The summed E-state index contributed by atoms with van der Waals surface area (Å²) in [7, 11) is 0. The first-order valence-corrected chi connectivity index (χ1v) is 6.04. The second-order valence-corrected chi connectivity index (χ2v) is 4.79. The first kappa shape index (κ1) is 12.6. The average molecular weight is 244 g/mol. The predicted octanol–water partition coefficient (Wildman–Crippen LogP) is 4.30. The number of aryl methyl sites for hydroxylation is 2. The van der Waals surface area contributed by atoms with Crippen molar-refractivity contribution in [2.75, 3.05) is 0 Å². The lowest BCUT2D eigenvalue weighted by molar-refractivity contribution is 0.461. The van der Waals surface area contributed by atoms with Crippen molar-refractivity contribution in [1.82, 2.24) is 0 Å². The van der Waals surface area contributed by atoms with E-state index in [1.54, 1.807) is 12.1 Å². The fraction of sp³-hybridized carbons (Fsp3) is 0.250. The molecule has 0 aromatic heterocycles. The lowest BCUT2D eigenvalue weighted by Gasteiger charge is -2.16. The van der Waals surface area contributed by atoms with Crippen LogP contribution in [0, 0.1) is 19.7 Å². The van der Waals surface area contributed by atoms with Crippen molar-refractivity contribution < 1.29 is 9.50 Å². The SMILES string of the molecule is Cc1cc(C)c(O)c(C(C)c2ccc(F)cc2)c1. The molecular formula is C16H17FO. The Labute approximate surface area is 107 Å². The number of halogens is 1. The number of benzene rings is 2. The van der Waals surface area contributed by atoms with E-state index < -0.39 is 0 Å². The summed E-state index contributed by atoms with van der Waals surface area (Å²) in [6, 6.07) is 10.4. The van der Waals surface area contributed by atoms with Gasteiger partial charge in [-0.2, -0.15) is 0 Å². The fourth-order valence-electron chi connectivity index (χ4n) is 2.25. The highest BCUT2D eigenvalue weighted by Crippen LogP contribution is 2.34. The summed E-state index contributed by atoms with van der Waals surface area (Å²) in [5.41, 5.74) is 3.88. The topological polar surface area (TPSA) is 20.2 Å². The van der Waals surface area contributed by atoms with Gasteiger partial charge in [0.05, 0.1) is 0 Å². The molecular weight excluding hydrogens is 227 g/mol. The maximum Gasteiger partial charge on any atom is 0.123 e. The minimum absolute atomic E-state index is 0.0456. The van der Waals surface area contributed by atoms with Crippen molar-refractivity contribution in [1.29, 1.82) is 0 Å². The molecule has 2 aromatic carbocycles. The maximum absolute atomic E-state index is 12.9. The third-order valence-corrected chi connectivity index (χ3v) is 3.31. The molecule has 2 rings (SSSR count). The highest BCUT2D eigenvalue weighted by molar-refractivity contribution is 5.47. The molecule has 0 aliphatic carbocycles. The molecule has 0 bridgehead atoms. The summed E-state index contributed by atoms with van der Waals surface area (Å²) in [5.74, 6) is 0.136. The standard InChI is InChI=1S/C16H17FO/c1-10-8-11(2)16(18)15(9-10)12(3)13-4-6-14(17)7-5-13/h4-9,12,18H,1-3H3. The summed E-state index contributed by atoms with van der Waals surface area (Å²) in [4.78, 5) is 0. The molecule has 2 heteroatoms. The third-order valence-electron chi connectivity index (χ3n) is 3.31. The van der Waals surface area contributed by atoms with Crippen molar-refractivity contribution in [2.45, 2.75) is 26.7 Å². The van der Waals surface area contributed by atoms with E-state index in [9.17, 15) is 9.50 Å². The van der Waals surface area contributed by atoms with Crippen LogP contribution in [0.15, 0.2) is 36.4 Å². The minimum atomic E-state index is -0.240. The molecule has 2 aromatic rings. The quantitative estimate of drug-likeness (QED) is 0.835. The van der Waals surface area contributed by atoms with Gasteiger partial charge in [0, 0.05) is 11.5 Å². The van der Waals surface area contributed by atoms with Crippen molar-refractivity contribution in [3.05, 3.63) is 64.5 Å². The Balaban J connectivity index is 2.45. The fourth-order valence-corrected chi connectivity index (χ4v) is 2.25. The van der Waals surface area contributed by atoms with E-state index in [2.05, 4.69) is 0 Å². The largest absolute Gasteiger partial charge is 0.507 e. The first-order chi connectivity index (χ1) is 8.49. The molecule has 1 nitrogen and oxygen atoms in total.